The standard InChI is InChI=1S/C19H29N3O/c1-20(14-17-8-3-2-4-9-17)16-19(23)22-13-7-10-18(15-22)21-11-5-6-12-21/h2-4,8-9,18H,5-7,10-16H2,1H3. The Balaban J connectivity index is 1.49. The van der Waals surface area contributed by atoms with Gasteiger partial charge in [-0.25, -0.2) is 0 Å². The number of carbonyl (C=O) groups excluding carboxylic acids is 1. The zero-order chi connectivity index (χ0) is 16.1. The van der Waals surface area contributed by atoms with Crippen molar-refractivity contribution in [1.82, 2.24) is 14.7 Å². The topological polar surface area (TPSA) is 26.8 Å². The number of likely N-dealkylation sites (tertiary alicyclic amines) is 2. The molecular formula is C19H29N3O. The van der Waals surface area contributed by atoms with Crippen LogP contribution in [0.2, 0.25) is 0 Å². The SMILES string of the molecule is CN(CC(=O)N1CCCC(N2CCCC2)C1)Cc1ccccc1. The minimum absolute atomic E-state index is 0.285. The van der Waals surface area contributed by atoms with E-state index in [0.29, 0.717) is 12.6 Å². The van der Waals surface area contributed by atoms with Crippen LogP contribution in [0.15, 0.2) is 30.3 Å². The van der Waals surface area contributed by atoms with Gasteiger partial charge in [-0.05, 0) is 51.4 Å². The maximum absolute atomic E-state index is 12.6. The summed E-state index contributed by atoms with van der Waals surface area (Å²) in [5.41, 5.74) is 1.26. The highest BCUT2D eigenvalue weighted by atomic mass is 16.2. The summed E-state index contributed by atoms with van der Waals surface area (Å²) in [7, 11) is 2.03. The summed E-state index contributed by atoms with van der Waals surface area (Å²) in [6, 6.07) is 11.0. The zero-order valence-electron chi connectivity index (χ0n) is 14.3. The molecule has 0 radical (unpaired) electrons. The van der Waals surface area contributed by atoms with Crippen LogP contribution in [-0.4, -0.2) is 66.4 Å². The molecule has 1 aromatic rings. The number of hydrogen-bond donors (Lipinski definition) is 0. The molecule has 2 aliphatic heterocycles. The van der Waals surface area contributed by atoms with Gasteiger partial charge >= 0.3 is 0 Å². The quantitative estimate of drug-likeness (QED) is 0.833. The lowest BCUT2D eigenvalue weighted by molar-refractivity contribution is -0.134. The number of rotatable bonds is 5. The molecule has 4 heteroatoms. The molecule has 2 heterocycles. The number of nitrogens with zero attached hydrogens (tertiary/aromatic N) is 3. The van der Waals surface area contributed by atoms with Gasteiger partial charge in [-0.1, -0.05) is 30.3 Å². The van der Waals surface area contributed by atoms with E-state index in [0.717, 1.165) is 26.1 Å². The van der Waals surface area contributed by atoms with Crippen LogP contribution in [0.25, 0.3) is 0 Å². The van der Waals surface area contributed by atoms with E-state index in [-0.39, 0.29) is 5.91 Å². The van der Waals surface area contributed by atoms with Gasteiger partial charge in [-0.2, -0.15) is 0 Å². The molecule has 0 aliphatic carbocycles. The predicted molar refractivity (Wildman–Crippen MR) is 93.2 cm³/mol. The Bertz CT molecular complexity index is 499. The number of hydrogen-bond acceptors (Lipinski definition) is 3. The van der Waals surface area contributed by atoms with Crippen molar-refractivity contribution in [3.8, 4) is 0 Å². The maximum atomic E-state index is 12.6. The first-order chi connectivity index (χ1) is 11.2. The van der Waals surface area contributed by atoms with E-state index < -0.39 is 0 Å². The number of carbonyl (C=O) groups is 1. The first kappa shape index (κ1) is 16.5. The Morgan fingerprint density at radius 3 is 2.61 bits per heavy atom. The number of piperidine rings is 1. The highest BCUT2D eigenvalue weighted by Crippen LogP contribution is 2.20. The van der Waals surface area contributed by atoms with E-state index in [2.05, 4.69) is 39.0 Å². The normalized spacial score (nSPS) is 22.7. The molecule has 0 spiro atoms. The van der Waals surface area contributed by atoms with Crippen molar-refractivity contribution in [3.63, 3.8) is 0 Å². The summed E-state index contributed by atoms with van der Waals surface area (Å²) in [5.74, 6) is 0.285. The summed E-state index contributed by atoms with van der Waals surface area (Å²) >= 11 is 0. The Morgan fingerprint density at radius 2 is 1.87 bits per heavy atom. The molecule has 0 bridgehead atoms. The van der Waals surface area contributed by atoms with Gasteiger partial charge < -0.3 is 4.90 Å². The largest absolute Gasteiger partial charge is 0.340 e. The fourth-order valence-electron chi connectivity index (χ4n) is 3.87. The van der Waals surface area contributed by atoms with Crippen LogP contribution < -0.4 is 0 Å². The molecule has 1 amide bonds. The van der Waals surface area contributed by atoms with Crippen LogP contribution in [0, 0.1) is 0 Å². The van der Waals surface area contributed by atoms with Gasteiger partial charge in [0.15, 0.2) is 0 Å². The van der Waals surface area contributed by atoms with Crippen molar-refractivity contribution < 1.29 is 4.79 Å². The van der Waals surface area contributed by atoms with Crippen LogP contribution in [0.5, 0.6) is 0 Å². The second-order valence-electron chi connectivity index (χ2n) is 7.04. The molecule has 4 nitrogen and oxygen atoms in total. The average Bonchev–Trinajstić information content (AvgIpc) is 3.10. The van der Waals surface area contributed by atoms with E-state index >= 15 is 0 Å². The average molecular weight is 315 g/mol. The maximum Gasteiger partial charge on any atom is 0.236 e. The van der Waals surface area contributed by atoms with Gasteiger partial charge in [-0.3, -0.25) is 14.6 Å². The molecule has 126 valence electrons. The molecule has 1 unspecified atom stereocenters. The Kier molecular flexibility index (Phi) is 5.68. The lowest BCUT2D eigenvalue weighted by Crippen LogP contribution is -2.50. The van der Waals surface area contributed by atoms with Crippen LogP contribution in [0.3, 0.4) is 0 Å². The van der Waals surface area contributed by atoms with E-state index in [4.69, 9.17) is 0 Å². The monoisotopic (exact) mass is 315 g/mol. The second-order valence-corrected chi connectivity index (χ2v) is 7.04. The fourth-order valence-corrected chi connectivity index (χ4v) is 3.87. The minimum atomic E-state index is 0.285. The zero-order valence-corrected chi connectivity index (χ0v) is 14.3. The molecular weight excluding hydrogens is 286 g/mol. The molecule has 23 heavy (non-hydrogen) atoms. The molecule has 2 saturated heterocycles. The van der Waals surface area contributed by atoms with Gasteiger partial charge in [-0.15, -0.1) is 0 Å². The first-order valence-electron chi connectivity index (χ1n) is 8.96. The minimum Gasteiger partial charge on any atom is -0.340 e. The predicted octanol–water partition coefficient (Wildman–Crippen LogP) is 2.21. The van der Waals surface area contributed by atoms with Crippen molar-refractivity contribution in [2.45, 2.75) is 38.3 Å². The van der Waals surface area contributed by atoms with E-state index in [9.17, 15) is 4.79 Å². The smallest absolute Gasteiger partial charge is 0.236 e. The number of likely N-dealkylation sites (N-methyl/N-ethyl adjacent to an activating group) is 1. The second kappa shape index (κ2) is 7.93. The molecule has 0 aromatic heterocycles. The van der Waals surface area contributed by atoms with Gasteiger partial charge in [0.25, 0.3) is 0 Å². The molecule has 0 saturated carbocycles. The summed E-state index contributed by atoms with van der Waals surface area (Å²) in [5, 5.41) is 0. The Labute approximate surface area is 140 Å². The van der Waals surface area contributed by atoms with Gasteiger partial charge in [0.2, 0.25) is 5.91 Å². The summed E-state index contributed by atoms with van der Waals surface area (Å²) in [6.45, 7) is 5.65. The highest BCUT2D eigenvalue weighted by Gasteiger charge is 2.29. The third kappa shape index (κ3) is 4.55. The van der Waals surface area contributed by atoms with Crippen molar-refractivity contribution >= 4 is 5.91 Å². The summed E-state index contributed by atoms with van der Waals surface area (Å²) in [4.78, 5) is 19.4. The lowest BCUT2D eigenvalue weighted by atomic mass is 10.0. The molecule has 3 rings (SSSR count). The Hall–Kier alpha value is -1.39. The van der Waals surface area contributed by atoms with Crippen molar-refractivity contribution in [2.75, 3.05) is 39.8 Å². The van der Waals surface area contributed by atoms with Crippen molar-refractivity contribution in [2.24, 2.45) is 0 Å². The summed E-state index contributed by atoms with van der Waals surface area (Å²) in [6.07, 6.45) is 5.05. The Morgan fingerprint density at radius 1 is 1.13 bits per heavy atom. The molecule has 2 aliphatic rings. The van der Waals surface area contributed by atoms with Gasteiger partial charge in [0.05, 0.1) is 6.54 Å². The fraction of sp³-hybridized carbons (Fsp3) is 0.632. The highest BCUT2D eigenvalue weighted by molar-refractivity contribution is 5.78. The van der Waals surface area contributed by atoms with Crippen LogP contribution in [0.1, 0.15) is 31.2 Å². The number of amides is 1. The molecule has 2 fully saturated rings. The summed E-state index contributed by atoms with van der Waals surface area (Å²) < 4.78 is 0. The van der Waals surface area contributed by atoms with Crippen molar-refractivity contribution in [1.29, 1.82) is 0 Å². The van der Waals surface area contributed by atoms with E-state index in [1.807, 2.05) is 13.1 Å². The van der Waals surface area contributed by atoms with Crippen LogP contribution in [-0.2, 0) is 11.3 Å². The van der Waals surface area contributed by atoms with Crippen molar-refractivity contribution in [3.05, 3.63) is 35.9 Å². The van der Waals surface area contributed by atoms with E-state index in [1.54, 1.807) is 0 Å². The number of benzene rings is 1. The lowest BCUT2D eigenvalue weighted by Gasteiger charge is -2.38. The molecule has 0 N–H and O–H groups in total. The third-order valence-corrected chi connectivity index (χ3v) is 5.11. The van der Waals surface area contributed by atoms with Gasteiger partial charge in [0, 0.05) is 25.7 Å². The van der Waals surface area contributed by atoms with Crippen LogP contribution in [0.4, 0.5) is 0 Å². The molecule has 1 aromatic carbocycles. The molecule has 1 atom stereocenters. The third-order valence-electron chi connectivity index (χ3n) is 5.11. The van der Waals surface area contributed by atoms with Gasteiger partial charge in [0.1, 0.15) is 0 Å². The van der Waals surface area contributed by atoms with E-state index in [1.165, 1.54) is 37.9 Å². The first-order valence-corrected chi connectivity index (χ1v) is 8.96. The van der Waals surface area contributed by atoms with Crippen LogP contribution >= 0.6 is 0 Å².